The van der Waals surface area contributed by atoms with Gasteiger partial charge in [0.05, 0.1) is 6.10 Å². The Bertz CT molecular complexity index is 560. The van der Waals surface area contributed by atoms with Crippen molar-refractivity contribution in [1.82, 2.24) is 0 Å². The van der Waals surface area contributed by atoms with E-state index in [2.05, 4.69) is 0 Å². The van der Waals surface area contributed by atoms with Crippen molar-refractivity contribution in [3.63, 3.8) is 0 Å². The van der Waals surface area contributed by atoms with E-state index in [-0.39, 0.29) is 48.0 Å². The van der Waals surface area contributed by atoms with Gasteiger partial charge in [-0.25, -0.2) is 0 Å². The van der Waals surface area contributed by atoms with Crippen molar-refractivity contribution >= 4 is 23.7 Å². The summed E-state index contributed by atoms with van der Waals surface area (Å²) in [7, 11) is 0. The van der Waals surface area contributed by atoms with Crippen LogP contribution in [-0.2, 0) is 23.8 Å². The largest absolute Gasteiger partial charge is 0.463 e. The minimum Gasteiger partial charge on any atom is -0.463 e. The van der Waals surface area contributed by atoms with Crippen LogP contribution >= 0.6 is 11.8 Å². The van der Waals surface area contributed by atoms with Crippen molar-refractivity contribution in [2.75, 3.05) is 6.61 Å². The first-order valence-corrected chi connectivity index (χ1v) is 8.94. The molecule has 0 spiro atoms. The fourth-order valence-corrected chi connectivity index (χ4v) is 3.95. The maximum absolute atomic E-state index is 11.5. The lowest BCUT2D eigenvalue weighted by Gasteiger charge is -2.43. The van der Waals surface area contributed by atoms with Crippen LogP contribution in [0.15, 0.2) is 35.2 Å². The second kappa shape index (κ2) is 8.53. The van der Waals surface area contributed by atoms with Gasteiger partial charge in [0.2, 0.25) is 0 Å². The summed E-state index contributed by atoms with van der Waals surface area (Å²) in [5.41, 5.74) is -0.344. The predicted molar refractivity (Wildman–Crippen MR) is 91.5 cm³/mol. The van der Waals surface area contributed by atoms with Crippen LogP contribution in [0.25, 0.3) is 0 Å². The second-order valence-electron chi connectivity index (χ2n) is 6.07. The van der Waals surface area contributed by atoms with Crippen LogP contribution in [0.5, 0.6) is 0 Å². The van der Waals surface area contributed by atoms with E-state index in [1.807, 2.05) is 44.2 Å². The third kappa shape index (κ3) is 4.98. The standard InChI is InChI=1S/C18H24O5S/c1-11-12(2)17(22-14(4)20)18(23-16(11)10-21-13(3)19)24-15-8-6-5-7-9-15/h5-9,11-12,16-18H,10H2,1-4H3/t11-,12?,16?,17+,18+/m0/s1. The Labute approximate surface area is 147 Å². The molecule has 0 aliphatic carbocycles. The molecule has 1 heterocycles. The molecule has 1 fully saturated rings. The molecular formula is C18H24O5S. The molecule has 1 aliphatic rings. The average Bonchev–Trinajstić information content (AvgIpc) is 2.53. The quantitative estimate of drug-likeness (QED) is 0.758. The summed E-state index contributed by atoms with van der Waals surface area (Å²) >= 11 is 1.52. The van der Waals surface area contributed by atoms with E-state index in [1.165, 1.54) is 25.6 Å². The zero-order valence-electron chi connectivity index (χ0n) is 14.4. The third-order valence-electron chi connectivity index (χ3n) is 4.26. The summed E-state index contributed by atoms with van der Waals surface area (Å²) in [6.45, 7) is 7.07. The number of hydrogen-bond acceptors (Lipinski definition) is 6. The smallest absolute Gasteiger partial charge is 0.303 e. The van der Waals surface area contributed by atoms with Gasteiger partial charge in [0.15, 0.2) is 0 Å². The maximum atomic E-state index is 11.5. The lowest BCUT2D eigenvalue weighted by Crippen LogP contribution is -2.51. The lowest BCUT2D eigenvalue weighted by molar-refractivity contribution is -0.184. The first kappa shape index (κ1) is 18.8. The van der Waals surface area contributed by atoms with E-state index in [4.69, 9.17) is 14.2 Å². The summed E-state index contributed by atoms with van der Waals surface area (Å²) in [5, 5.41) is 0. The monoisotopic (exact) mass is 352 g/mol. The van der Waals surface area contributed by atoms with E-state index in [9.17, 15) is 9.59 Å². The molecular weight excluding hydrogens is 328 g/mol. The fourth-order valence-electron chi connectivity index (χ4n) is 2.73. The van der Waals surface area contributed by atoms with Gasteiger partial charge >= 0.3 is 11.9 Å². The van der Waals surface area contributed by atoms with Gasteiger partial charge in [-0.15, -0.1) is 0 Å². The Hall–Kier alpha value is -1.53. The molecule has 1 saturated heterocycles. The van der Waals surface area contributed by atoms with Crippen LogP contribution < -0.4 is 0 Å². The normalized spacial score (nSPS) is 29.8. The molecule has 2 unspecified atom stereocenters. The van der Waals surface area contributed by atoms with Gasteiger partial charge in [-0.1, -0.05) is 43.8 Å². The number of carbonyl (C=O) groups is 2. The van der Waals surface area contributed by atoms with Gasteiger partial charge < -0.3 is 14.2 Å². The Balaban J connectivity index is 2.16. The van der Waals surface area contributed by atoms with Crippen molar-refractivity contribution in [3.05, 3.63) is 30.3 Å². The SMILES string of the molecule is CC(=O)OCC1O[C@H](Sc2ccccc2)[C@H](OC(C)=O)C(C)[C@@H]1C. The Morgan fingerprint density at radius 3 is 2.33 bits per heavy atom. The Morgan fingerprint density at radius 2 is 1.75 bits per heavy atom. The number of rotatable bonds is 5. The molecule has 2 rings (SSSR count). The van der Waals surface area contributed by atoms with Crippen molar-refractivity contribution < 1.29 is 23.8 Å². The first-order valence-electron chi connectivity index (χ1n) is 8.06. The molecule has 1 aliphatic heterocycles. The molecule has 1 aromatic carbocycles. The summed E-state index contributed by atoms with van der Waals surface area (Å²) in [6, 6.07) is 9.83. The molecule has 0 bridgehead atoms. The van der Waals surface area contributed by atoms with E-state index in [0.29, 0.717) is 0 Å². The molecule has 0 amide bonds. The van der Waals surface area contributed by atoms with Crippen LogP contribution in [0.4, 0.5) is 0 Å². The number of benzene rings is 1. The molecule has 5 atom stereocenters. The van der Waals surface area contributed by atoms with E-state index >= 15 is 0 Å². The highest BCUT2D eigenvalue weighted by atomic mass is 32.2. The fraction of sp³-hybridized carbons (Fsp3) is 0.556. The third-order valence-corrected chi connectivity index (χ3v) is 5.42. The number of esters is 2. The molecule has 1 aromatic rings. The number of thioether (sulfide) groups is 1. The summed E-state index contributed by atoms with van der Waals surface area (Å²) in [5.74, 6) is -0.460. The first-order chi connectivity index (χ1) is 11.4. The maximum Gasteiger partial charge on any atom is 0.303 e. The lowest BCUT2D eigenvalue weighted by atomic mass is 9.84. The highest BCUT2D eigenvalue weighted by molar-refractivity contribution is 7.99. The van der Waals surface area contributed by atoms with E-state index < -0.39 is 0 Å². The van der Waals surface area contributed by atoms with Crippen LogP contribution in [0.2, 0.25) is 0 Å². The predicted octanol–water partition coefficient (Wildman–Crippen LogP) is 3.27. The molecule has 5 nitrogen and oxygen atoms in total. The molecule has 132 valence electrons. The highest BCUT2D eigenvalue weighted by Gasteiger charge is 2.44. The number of hydrogen-bond donors (Lipinski definition) is 0. The Morgan fingerprint density at radius 1 is 1.08 bits per heavy atom. The second-order valence-corrected chi connectivity index (χ2v) is 7.24. The van der Waals surface area contributed by atoms with Gasteiger partial charge in [-0.2, -0.15) is 0 Å². The summed E-state index contributed by atoms with van der Waals surface area (Å²) in [4.78, 5) is 23.6. The average molecular weight is 352 g/mol. The zero-order chi connectivity index (χ0) is 17.7. The van der Waals surface area contributed by atoms with Gasteiger partial charge in [0, 0.05) is 24.7 Å². The van der Waals surface area contributed by atoms with Gasteiger partial charge in [0.1, 0.15) is 18.1 Å². The van der Waals surface area contributed by atoms with Crippen molar-refractivity contribution in [3.8, 4) is 0 Å². The molecule has 6 heteroatoms. The summed E-state index contributed by atoms with van der Waals surface area (Å²) < 4.78 is 16.8. The summed E-state index contributed by atoms with van der Waals surface area (Å²) in [6.07, 6.45) is -0.576. The van der Waals surface area contributed by atoms with Crippen molar-refractivity contribution in [2.45, 2.75) is 50.2 Å². The number of ether oxygens (including phenoxy) is 3. The van der Waals surface area contributed by atoms with Crippen LogP contribution in [0.1, 0.15) is 27.7 Å². The Kier molecular flexibility index (Phi) is 6.69. The van der Waals surface area contributed by atoms with Gasteiger partial charge in [-0.3, -0.25) is 9.59 Å². The van der Waals surface area contributed by atoms with Crippen LogP contribution in [-0.4, -0.2) is 36.2 Å². The van der Waals surface area contributed by atoms with E-state index in [0.717, 1.165) is 4.90 Å². The molecule has 0 saturated carbocycles. The molecule has 0 N–H and O–H groups in total. The van der Waals surface area contributed by atoms with E-state index in [1.54, 1.807) is 0 Å². The topological polar surface area (TPSA) is 61.8 Å². The van der Waals surface area contributed by atoms with Crippen LogP contribution in [0, 0.1) is 11.8 Å². The van der Waals surface area contributed by atoms with Gasteiger partial charge in [-0.05, 0) is 18.1 Å². The van der Waals surface area contributed by atoms with Crippen molar-refractivity contribution in [2.24, 2.45) is 11.8 Å². The minimum absolute atomic E-state index is 0.0874. The highest BCUT2D eigenvalue weighted by Crippen LogP contribution is 2.40. The molecule has 0 radical (unpaired) electrons. The van der Waals surface area contributed by atoms with Gasteiger partial charge in [0.25, 0.3) is 0 Å². The zero-order valence-corrected chi connectivity index (χ0v) is 15.2. The van der Waals surface area contributed by atoms with Crippen LogP contribution in [0.3, 0.4) is 0 Å². The van der Waals surface area contributed by atoms with Crippen molar-refractivity contribution in [1.29, 1.82) is 0 Å². The molecule has 0 aromatic heterocycles. The number of carbonyl (C=O) groups excluding carboxylic acids is 2. The molecule has 24 heavy (non-hydrogen) atoms. The minimum atomic E-state index is -0.351.